The van der Waals surface area contributed by atoms with Crippen LogP contribution in [0.4, 0.5) is 0 Å². The highest BCUT2D eigenvalue weighted by molar-refractivity contribution is 7.99. The Morgan fingerprint density at radius 3 is 2.63 bits per heavy atom. The summed E-state index contributed by atoms with van der Waals surface area (Å²) < 4.78 is 5.56. The number of piperidine rings is 1. The van der Waals surface area contributed by atoms with Gasteiger partial charge in [0.1, 0.15) is 6.10 Å². The molecule has 2 heterocycles. The second kappa shape index (κ2) is 5.73. The van der Waals surface area contributed by atoms with Crippen molar-refractivity contribution in [3.8, 4) is 0 Å². The Balaban J connectivity index is 1.51. The summed E-state index contributed by atoms with van der Waals surface area (Å²) in [5.41, 5.74) is 0. The van der Waals surface area contributed by atoms with Crippen LogP contribution in [0.1, 0.15) is 32.1 Å². The molecule has 19 heavy (non-hydrogen) atoms. The molecule has 1 saturated carbocycles. The Morgan fingerprint density at radius 2 is 1.95 bits per heavy atom. The first-order valence-electron chi connectivity index (χ1n) is 7.31. The fourth-order valence-corrected chi connectivity index (χ4v) is 3.92. The summed E-state index contributed by atoms with van der Waals surface area (Å²) in [4.78, 5) is 26.1. The molecule has 0 N–H and O–H groups in total. The maximum atomic E-state index is 12.1. The van der Waals surface area contributed by atoms with Crippen LogP contribution in [0.5, 0.6) is 0 Å². The van der Waals surface area contributed by atoms with Gasteiger partial charge in [-0.05, 0) is 37.9 Å². The van der Waals surface area contributed by atoms with E-state index in [-0.39, 0.29) is 29.8 Å². The van der Waals surface area contributed by atoms with E-state index in [9.17, 15) is 9.59 Å². The van der Waals surface area contributed by atoms with Crippen molar-refractivity contribution in [1.29, 1.82) is 0 Å². The molecule has 3 aliphatic rings. The number of esters is 1. The van der Waals surface area contributed by atoms with Gasteiger partial charge in [0.15, 0.2) is 0 Å². The van der Waals surface area contributed by atoms with E-state index in [1.165, 1.54) is 0 Å². The molecule has 1 aliphatic carbocycles. The Morgan fingerprint density at radius 1 is 1.11 bits per heavy atom. The fourth-order valence-electron chi connectivity index (χ4n) is 2.82. The average molecular weight is 283 g/mol. The summed E-state index contributed by atoms with van der Waals surface area (Å²) in [5.74, 6) is 2.36. The Kier molecular flexibility index (Phi) is 4.01. The molecular formula is C14H21NO3S. The van der Waals surface area contributed by atoms with Crippen molar-refractivity contribution in [2.75, 3.05) is 24.6 Å². The molecule has 2 aliphatic heterocycles. The van der Waals surface area contributed by atoms with E-state index in [1.807, 2.05) is 16.7 Å². The number of hydrogen-bond donors (Lipinski definition) is 0. The van der Waals surface area contributed by atoms with Crippen LogP contribution in [0.25, 0.3) is 0 Å². The van der Waals surface area contributed by atoms with E-state index >= 15 is 0 Å². The van der Waals surface area contributed by atoms with Crippen LogP contribution in [-0.4, -0.2) is 47.5 Å². The Labute approximate surface area is 118 Å². The lowest BCUT2D eigenvalue weighted by Gasteiger charge is -2.32. The van der Waals surface area contributed by atoms with Crippen molar-refractivity contribution in [3.05, 3.63) is 0 Å². The van der Waals surface area contributed by atoms with Gasteiger partial charge >= 0.3 is 5.97 Å². The third-order valence-electron chi connectivity index (χ3n) is 4.16. The van der Waals surface area contributed by atoms with E-state index in [2.05, 4.69) is 0 Å². The molecule has 0 bridgehead atoms. The first-order valence-corrected chi connectivity index (χ1v) is 8.46. The lowest BCUT2D eigenvalue weighted by molar-refractivity contribution is -0.155. The molecule has 0 aromatic rings. The summed E-state index contributed by atoms with van der Waals surface area (Å²) in [5, 5.41) is 0. The van der Waals surface area contributed by atoms with Crippen molar-refractivity contribution in [2.24, 2.45) is 11.8 Å². The van der Waals surface area contributed by atoms with Crippen LogP contribution < -0.4 is 0 Å². The molecule has 4 nitrogen and oxygen atoms in total. The first-order chi connectivity index (χ1) is 9.24. The molecule has 0 radical (unpaired) electrons. The number of carbonyl (C=O) groups excluding carboxylic acids is 2. The molecule has 3 rings (SSSR count). The van der Waals surface area contributed by atoms with Gasteiger partial charge in [-0.25, -0.2) is 0 Å². The van der Waals surface area contributed by atoms with Crippen LogP contribution in [0.2, 0.25) is 0 Å². The summed E-state index contributed by atoms with van der Waals surface area (Å²) >= 11 is 1.85. The Hall–Kier alpha value is -0.710. The van der Waals surface area contributed by atoms with Gasteiger partial charge in [-0.2, -0.15) is 11.8 Å². The number of rotatable bonds is 3. The maximum Gasteiger partial charge on any atom is 0.311 e. The Bertz CT molecular complexity index is 364. The highest BCUT2D eigenvalue weighted by Gasteiger charge is 2.37. The predicted molar refractivity (Wildman–Crippen MR) is 73.9 cm³/mol. The summed E-state index contributed by atoms with van der Waals surface area (Å²) in [6.07, 6.45) is 4.94. The number of hydrogen-bond acceptors (Lipinski definition) is 4. The standard InChI is InChI=1S/C14H21NO3S/c16-13(10-3-4-10)15-6-1-2-11(8-15)14(17)18-12-5-7-19-9-12/h10-12H,1-9H2/t11-,12+/m0/s1. The minimum atomic E-state index is -0.0953. The van der Waals surface area contributed by atoms with Gasteiger partial charge in [-0.15, -0.1) is 0 Å². The summed E-state index contributed by atoms with van der Waals surface area (Å²) in [6, 6.07) is 0. The second-order valence-corrected chi connectivity index (χ2v) is 6.97. The predicted octanol–water partition coefficient (Wildman–Crippen LogP) is 1.68. The van der Waals surface area contributed by atoms with Crippen molar-refractivity contribution in [3.63, 3.8) is 0 Å². The van der Waals surface area contributed by atoms with Gasteiger partial charge in [0, 0.05) is 24.8 Å². The average Bonchev–Trinajstić information content (AvgIpc) is 3.17. The van der Waals surface area contributed by atoms with E-state index < -0.39 is 0 Å². The third-order valence-corrected chi connectivity index (χ3v) is 5.30. The number of likely N-dealkylation sites (tertiary alicyclic amines) is 1. The molecule has 0 spiro atoms. The number of nitrogens with zero attached hydrogens (tertiary/aromatic N) is 1. The second-order valence-electron chi connectivity index (χ2n) is 5.82. The largest absolute Gasteiger partial charge is 0.461 e. The number of carbonyl (C=O) groups is 2. The van der Waals surface area contributed by atoms with Gasteiger partial charge in [0.25, 0.3) is 0 Å². The quantitative estimate of drug-likeness (QED) is 0.739. The number of ether oxygens (including phenoxy) is 1. The summed E-state index contributed by atoms with van der Waals surface area (Å²) in [7, 11) is 0. The third kappa shape index (κ3) is 3.25. The van der Waals surface area contributed by atoms with Gasteiger partial charge in [0.05, 0.1) is 5.92 Å². The molecule has 0 aromatic heterocycles. The fraction of sp³-hybridized carbons (Fsp3) is 0.857. The van der Waals surface area contributed by atoms with Crippen LogP contribution >= 0.6 is 11.8 Å². The lowest BCUT2D eigenvalue weighted by atomic mass is 9.97. The van der Waals surface area contributed by atoms with E-state index in [0.717, 1.165) is 50.2 Å². The van der Waals surface area contributed by atoms with Crippen LogP contribution in [0.15, 0.2) is 0 Å². The van der Waals surface area contributed by atoms with E-state index in [4.69, 9.17) is 4.74 Å². The zero-order valence-electron chi connectivity index (χ0n) is 11.2. The normalized spacial score (nSPS) is 31.3. The van der Waals surface area contributed by atoms with Crippen molar-refractivity contribution in [2.45, 2.75) is 38.2 Å². The first kappa shape index (κ1) is 13.3. The van der Waals surface area contributed by atoms with Crippen molar-refractivity contribution in [1.82, 2.24) is 4.90 Å². The molecular weight excluding hydrogens is 262 g/mol. The zero-order chi connectivity index (χ0) is 13.2. The van der Waals surface area contributed by atoms with E-state index in [0.29, 0.717) is 6.54 Å². The maximum absolute atomic E-state index is 12.1. The van der Waals surface area contributed by atoms with Crippen molar-refractivity contribution < 1.29 is 14.3 Å². The monoisotopic (exact) mass is 283 g/mol. The number of thioether (sulfide) groups is 1. The minimum Gasteiger partial charge on any atom is -0.461 e. The molecule has 0 aromatic carbocycles. The lowest BCUT2D eigenvalue weighted by Crippen LogP contribution is -2.44. The molecule has 5 heteroatoms. The highest BCUT2D eigenvalue weighted by atomic mass is 32.2. The summed E-state index contributed by atoms with van der Waals surface area (Å²) in [6.45, 7) is 1.40. The topological polar surface area (TPSA) is 46.6 Å². The van der Waals surface area contributed by atoms with Crippen LogP contribution in [0.3, 0.4) is 0 Å². The van der Waals surface area contributed by atoms with Gasteiger partial charge in [-0.1, -0.05) is 0 Å². The number of amides is 1. The highest BCUT2D eigenvalue weighted by Crippen LogP contribution is 2.33. The molecule has 106 valence electrons. The molecule has 2 atom stereocenters. The SMILES string of the molecule is O=C(O[C@@H]1CCSC1)[C@H]1CCCN(C(=O)C2CC2)C1. The van der Waals surface area contributed by atoms with Crippen molar-refractivity contribution >= 4 is 23.6 Å². The van der Waals surface area contributed by atoms with Gasteiger partial charge in [0.2, 0.25) is 5.91 Å². The van der Waals surface area contributed by atoms with Gasteiger partial charge in [-0.3, -0.25) is 9.59 Å². The molecule has 1 amide bonds. The molecule has 3 fully saturated rings. The molecule has 0 unspecified atom stereocenters. The van der Waals surface area contributed by atoms with Crippen LogP contribution in [0, 0.1) is 11.8 Å². The smallest absolute Gasteiger partial charge is 0.311 e. The van der Waals surface area contributed by atoms with Gasteiger partial charge < -0.3 is 9.64 Å². The molecule has 2 saturated heterocycles. The zero-order valence-corrected chi connectivity index (χ0v) is 12.0. The minimum absolute atomic E-state index is 0.0826. The van der Waals surface area contributed by atoms with Crippen LogP contribution in [-0.2, 0) is 14.3 Å². The van der Waals surface area contributed by atoms with E-state index in [1.54, 1.807) is 0 Å².